The molecular weight excluding hydrogens is 546 g/mol. The fourth-order valence-electron chi connectivity index (χ4n) is 5.82. The molecule has 0 unspecified atom stereocenters. The van der Waals surface area contributed by atoms with Gasteiger partial charge in [-0.1, -0.05) is 54.1 Å². The van der Waals surface area contributed by atoms with Gasteiger partial charge in [0.1, 0.15) is 18.2 Å². The molecule has 0 spiro atoms. The van der Waals surface area contributed by atoms with Crippen LogP contribution >= 0.6 is 11.6 Å². The summed E-state index contributed by atoms with van der Waals surface area (Å²) in [4.78, 5) is 33.2. The molecule has 4 aromatic rings. The molecule has 0 radical (unpaired) electrons. The Morgan fingerprint density at radius 3 is 2.57 bits per heavy atom. The summed E-state index contributed by atoms with van der Waals surface area (Å²) in [6.07, 6.45) is 7.13. The number of amides is 1. The molecule has 0 saturated heterocycles. The number of nitrogens with one attached hydrogen (secondary N) is 1. The first-order valence-electron chi connectivity index (χ1n) is 14.2. The van der Waals surface area contributed by atoms with Crippen LogP contribution in [0.4, 0.5) is 5.82 Å². The Balaban J connectivity index is 1.26. The maximum absolute atomic E-state index is 13.7. The van der Waals surface area contributed by atoms with Gasteiger partial charge >= 0.3 is 0 Å². The predicted octanol–water partition coefficient (Wildman–Crippen LogP) is 4.92. The van der Waals surface area contributed by atoms with Crippen LogP contribution in [0.2, 0.25) is 5.02 Å². The molecule has 42 heavy (non-hydrogen) atoms. The fraction of sp³-hybridized carbons (Fsp3) is 0.229. The second-order valence-electron chi connectivity index (χ2n) is 10.9. The van der Waals surface area contributed by atoms with Gasteiger partial charge in [0.05, 0.1) is 5.56 Å². The molecule has 6 rings (SSSR count). The van der Waals surface area contributed by atoms with Crippen LogP contribution in [-0.2, 0) is 12.8 Å². The quantitative estimate of drug-likeness (QED) is 0.301. The molecule has 7 heteroatoms. The highest BCUT2D eigenvalue weighted by atomic mass is 35.5. The van der Waals surface area contributed by atoms with Crippen molar-refractivity contribution < 1.29 is 14.3 Å². The number of hydrogen-bond donors (Lipinski definition) is 1. The standard InChI is InChI=1S/C35H32ClN3O3/c1-39(2)19-20-42-32-12-4-3-7-30(32)35(41)38-33-18-13-22(21-37-33)34(40)29-10-5-8-23-25-16-17-28-24(9-6-11-31(28)36)26(25)14-15-27(23)29/h3-4,6-7,9,11-15,17-18,21H,5,8,10,16,19-20H2,1-2H3,(H,37,38,41). The summed E-state index contributed by atoms with van der Waals surface area (Å²) in [5.74, 6) is 0.546. The lowest BCUT2D eigenvalue weighted by molar-refractivity contribution is 0.102. The van der Waals surface area contributed by atoms with E-state index >= 15 is 0 Å². The molecule has 0 bridgehead atoms. The molecule has 0 atom stereocenters. The molecule has 2 aliphatic carbocycles. The van der Waals surface area contributed by atoms with Crippen molar-refractivity contribution in [3.05, 3.63) is 121 Å². The molecule has 1 aromatic heterocycles. The first-order chi connectivity index (χ1) is 20.4. The summed E-state index contributed by atoms with van der Waals surface area (Å²) < 4.78 is 5.83. The summed E-state index contributed by atoms with van der Waals surface area (Å²) in [6.45, 7) is 1.21. The molecule has 6 nitrogen and oxygen atoms in total. The minimum Gasteiger partial charge on any atom is -0.491 e. The maximum Gasteiger partial charge on any atom is 0.260 e. The maximum atomic E-state index is 13.7. The normalized spacial score (nSPS) is 13.5. The number of halogens is 1. The number of rotatable bonds is 8. The summed E-state index contributed by atoms with van der Waals surface area (Å²) >= 11 is 6.47. The number of fused-ring (bicyclic) bond motifs is 4. The van der Waals surface area contributed by atoms with Gasteiger partial charge in [-0.2, -0.15) is 0 Å². The zero-order valence-electron chi connectivity index (χ0n) is 23.7. The molecule has 1 N–H and O–H groups in total. The van der Waals surface area contributed by atoms with E-state index in [0.29, 0.717) is 29.3 Å². The van der Waals surface area contributed by atoms with Crippen LogP contribution in [0.5, 0.6) is 5.75 Å². The third-order valence-corrected chi connectivity index (χ3v) is 8.26. The summed E-state index contributed by atoms with van der Waals surface area (Å²) in [7, 11) is 3.93. The lowest BCUT2D eigenvalue weighted by Crippen LogP contribution is -2.26. The van der Waals surface area contributed by atoms with Crippen LogP contribution in [0, 0.1) is 10.4 Å². The number of ketones is 1. The van der Waals surface area contributed by atoms with Crippen LogP contribution < -0.4 is 20.5 Å². The number of pyridine rings is 1. The molecule has 0 saturated carbocycles. The van der Waals surface area contributed by atoms with E-state index in [0.717, 1.165) is 58.5 Å². The second kappa shape index (κ2) is 11.9. The van der Waals surface area contributed by atoms with E-state index < -0.39 is 0 Å². The molecule has 1 heterocycles. The number of ether oxygens (including phenoxy) is 1. The number of likely N-dealkylation sites (N-methyl/N-ethyl adjacent to an activating group) is 1. The number of carbonyl (C=O) groups is 2. The predicted molar refractivity (Wildman–Crippen MR) is 166 cm³/mol. The zero-order valence-corrected chi connectivity index (χ0v) is 24.5. The van der Waals surface area contributed by atoms with Crippen molar-refractivity contribution in [1.82, 2.24) is 9.88 Å². The van der Waals surface area contributed by atoms with Crippen molar-refractivity contribution in [2.24, 2.45) is 0 Å². The molecule has 3 aromatic carbocycles. The SMILES string of the molecule is CN(C)CCOc1ccccc1C(=O)Nc1ccc(C(=O)C2=c3ccc4c(c3CCC2)CC=c2c(Cl)cccc2=4)cn1. The Bertz CT molecular complexity index is 1920. The first kappa shape index (κ1) is 27.9. The van der Waals surface area contributed by atoms with Crippen molar-refractivity contribution in [2.45, 2.75) is 25.7 Å². The average Bonchev–Trinajstić information content (AvgIpc) is 3.00. The summed E-state index contributed by atoms with van der Waals surface area (Å²) in [5, 5.41) is 8.07. The Labute approximate surface area is 249 Å². The second-order valence-corrected chi connectivity index (χ2v) is 11.3. The number of aromatic nitrogens is 1. The lowest BCUT2D eigenvalue weighted by atomic mass is 9.84. The van der Waals surface area contributed by atoms with Crippen LogP contribution in [0.15, 0.2) is 72.9 Å². The van der Waals surface area contributed by atoms with Crippen molar-refractivity contribution in [1.29, 1.82) is 0 Å². The van der Waals surface area contributed by atoms with Crippen molar-refractivity contribution in [3.63, 3.8) is 0 Å². The number of anilines is 1. The van der Waals surface area contributed by atoms with E-state index in [4.69, 9.17) is 16.3 Å². The van der Waals surface area contributed by atoms with Gasteiger partial charge in [0.15, 0.2) is 5.78 Å². The fourth-order valence-corrected chi connectivity index (χ4v) is 6.07. The van der Waals surface area contributed by atoms with E-state index in [-0.39, 0.29) is 11.7 Å². The number of nitrogens with zero attached hydrogens (tertiary/aromatic N) is 2. The first-order valence-corrected chi connectivity index (χ1v) is 14.6. The van der Waals surface area contributed by atoms with Gasteiger partial charge in [0.2, 0.25) is 0 Å². The molecule has 212 valence electrons. The Kier molecular flexibility index (Phi) is 7.92. The molecule has 0 fully saturated rings. The monoisotopic (exact) mass is 577 g/mol. The van der Waals surface area contributed by atoms with Gasteiger partial charge in [-0.05, 0) is 102 Å². The van der Waals surface area contributed by atoms with Crippen LogP contribution in [0.1, 0.15) is 44.7 Å². The van der Waals surface area contributed by atoms with Gasteiger partial charge in [-0.3, -0.25) is 9.59 Å². The number of hydrogen-bond acceptors (Lipinski definition) is 5. The number of benzene rings is 3. The minimum absolute atomic E-state index is 0.0239. The third kappa shape index (κ3) is 5.48. The summed E-state index contributed by atoms with van der Waals surface area (Å²) in [5.41, 5.74) is 4.29. The Hall–Kier alpha value is -4.26. The van der Waals surface area contributed by atoms with Gasteiger partial charge in [-0.15, -0.1) is 0 Å². The van der Waals surface area contributed by atoms with E-state index in [9.17, 15) is 9.59 Å². The molecule has 0 aliphatic heterocycles. The van der Waals surface area contributed by atoms with Crippen molar-refractivity contribution in [3.8, 4) is 5.75 Å². The number of para-hydroxylation sites is 1. The molecular formula is C35H32ClN3O3. The largest absolute Gasteiger partial charge is 0.491 e. The highest BCUT2D eigenvalue weighted by Crippen LogP contribution is 2.25. The smallest absolute Gasteiger partial charge is 0.260 e. The Morgan fingerprint density at radius 2 is 1.76 bits per heavy atom. The van der Waals surface area contributed by atoms with E-state index in [1.165, 1.54) is 16.3 Å². The Morgan fingerprint density at radius 1 is 0.929 bits per heavy atom. The van der Waals surface area contributed by atoms with Crippen molar-refractivity contribution in [2.75, 3.05) is 32.6 Å². The number of carbonyl (C=O) groups excluding carboxylic acids is 2. The van der Waals surface area contributed by atoms with Crippen LogP contribution in [-0.4, -0.2) is 48.8 Å². The van der Waals surface area contributed by atoms with E-state index in [1.54, 1.807) is 36.5 Å². The van der Waals surface area contributed by atoms with Gasteiger partial charge in [0, 0.05) is 28.9 Å². The number of Topliss-reactive ketones (excluding diaryl/α,β-unsaturated/α-hetero) is 1. The van der Waals surface area contributed by atoms with Gasteiger partial charge in [0.25, 0.3) is 5.91 Å². The van der Waals surface area contributed by atoms with Crippen LogP contribution in [0.3, 0.4) is 0 Å². The third-order valence-electron chi connectivity index (χ3n) is 7.93. The topological polar surface area (TPSA) is 71.5 Å². The van der Waals surface area contributed by atoms with Crippen molar-refractivity contribution >= 4 is 40.8 Å². The van der Waals surface area contributed by atoms with E-state index in [2.05, 4.69) is 34.6 Å². The molecule has 1 amide bonds. The highest BCUT2D eigenvalue weighted by molar-refractivity contribution is 6.30. The highest BCUT2D eigenvalue weighted by Gasteiger charge is 2.22. The zero-order chi connectivity index (χ0) is 29.2. The van der Waals surface area contributed by atoms with Gasteiger partial charge in [-0.25, -0.2) is 4.98 Å². The lowest BCUT2D eigenvalue weighted by Gasteiger charge is -2.20. The summed E-state index contributed by atoms with van der Waals surface area (Å²) in [6, 6.07) is 20.8. The molecule has 2 aliphatic rings. The average molecular weight is 578 g/mol. The van der Waals surface area contributed by atoms with E-state index in [1.807, 2.05) is 37.2 Å². The van der Waals surface area contributed by atoms with Gasteiger partial charge < -0.3 is 15.0 Å². The minimum atomic E-state index is -0.318. The van der Waals surface area contributed by atoms with Crippen LogP contribution in [0.25, 0.3) is 11.6 Å².